The standard InChI is InChI=1S/C14H17N3O2/c18-14(19)11-5-6-13-12(9-11)15-16-17(13)8-7-10-3-1-2-4-10/h5-6,9-10H,1-4,7-8H2,(H,18,19). The maximum atomic E-state index is 10.9. The highest BCUT2D eigenvalue weighted by Crippen LogP contribution is 2.28. The summed E-state index contributed by atoms with van der Waals surface area (Å²) in [7, 11) is 0. The van der Waals surface area contributed by atoms with Crippen molar-refractivity contribution < 1.29 is 9.90 Å². The van der Waals surface area contributed by atoms with Crippen LogP contribution < -0.4 is 0 Å². The zero-order valence-electron chi connectivity index (χ0n) is 10.7. The summed E-state index contributed by atoms with van der Waals surface area (Å²) in [6.07, 6.45) is 6.50. The topological polar surface area (TPSA) is 68.0 Å². The predicted octanol–water partition coefficient (Wildman–Crippen LogP) is 2.71. The second-order valence-electron chi connectivity index (χ2n) is 5.26. The van der Waals surface area contributed by atoms with Crippen LogP contribution in [0.1, 0.15) is 42.5 Å². The Bertz CT molecular complexity index is 600. The van der Waals surface area contributed by atoms with Gasteiger partial charge in [0.25, 0.3) is 0 Å². The molecule has 0 radical (unpaired) electrons. The van der Waals surface area contributed by atoms with Crippen LogP contribution in [0.15, 0.2) is 18.2 Å². The Morgan fingerprint density at radius 1 is 1.37 bits per heavy atom. The highest BCUT2D eigenvalue weighted by molar-refractivity contribution is 5.92. The Morgan fingerprint density at radius 2 is 2.16 bits per heavy atom. The molecule has 1 heterocycles. The third-order valence-electron chi connectivity index (χ3n) is 3.98. The van der Waals surface area contributed by atoms with Crippen molar-refractivity contribution >= 4 is 17.0 Å². The van der Waals surface area contributed by atoms with Crippen molar-refractivity contribution in [3.63, 3.8) is 0 Å². The average Bonchev–Trinajstić information content (AvgIpc) is 3.05. The van der Waals surface area contributed by atoms with Gasteiger partial charge >= 0.3 is 5.97 Å². The summed E-state index contributed by atoms with van der Waals surface area (Å²) in [6, 6.07) is 4.99. The van der Waals surface area contributed by atoms with E-state index in [4.69, 9.17) is 5.11 Å². The maximum Gasteiger partial charge on any atom is 0.335 e. The molecule has 1 aromatic heterocycles. The van der Waals surface area contributed by atoms with E-state index >= 15 is 0 Å². The molecule has 0 unspecified atom stereocenters. The number of carboxylic acids is 1. The van der Waals surface area contributed by atoms with E-state index < -0.39 is 5.97 Å². The van der Waals surface area contributed by atoms with Crippen molar-refractivity contribution in [1.82, 2.24) is 15.0 Å². The Balaban J connectivity index is 1.78. The minimum absolute atomic E-state index is 0.260. The Kier molecular flexibility index (Phi) is 3.19. The average molecular weight is 259 g/mol. The van der Waals surface area contributed by atoms with Crippen LogP contribution in [-0.4, -0.2) is 26.1 Å². The number of aromatic carboxylic acids is 1. The van der Waals surface area contributed by atoms with E-state index in [9.17, 15) is 4.79 Å². The number of nitrogens with zero attached hydrogens (tertiary/aromatic N) is 3. The number of rotatable bonds is 4. The third-order valence-corrected chi connectivity index (χ3v) is 3.98. The molecule has 5 heteroatoms. The number of carbonyl (C=O) groups is 1. The molecule has 0 spiro atoms. The molecule has 1 aliphatic rings. The van der Waals surface area contributed by atoms with Gasteiger partial charge < -0.3 is 5.11 Å². The molecule has 3 rings (SSSR count). The van der Waals surface area contributed by atoms with Crippen molar-refractivity contribution in [2.75, 3.05) is 0 Å². The lowest BCUT2D eigenvalue weighted by molar-refractivity contribution is 0.0697. The van der Waals surface area contributed by atoms with E-state index in [0.717, 1.165) is 24.4 Å². The van der Waals surface area contributed by atoms with Gasteiger partial charge in [-0.25, -0.2) is 9.48 Å². The largest absolute Gasteiger partial charge is 0.478 e. The summed E-state index contributed by atoms with van der Waals surface area (Å²) in [5, 5.41) is 17.1. The van der Waals surface area contributed by atoms with Gasteiger partial charge in [-0.15, -0.1) is 5.10 Å². The molecule has 1 fully saturated rings. The molecule has 1 aromatic carbocycles. The molecule has 1 N–H and O–H groups in total. The molecule has 0 atom stereocenters. The highest BCUT2D eigenvalue weighted by atomic mass is 16.4. The minimum Gasteiger partial charge on any atom is -0.478 e. The molecule has 0 saturated heterocycles. The molecule has 1 aliphatic carbocycles. The minimum atomic E-state index is -0.928. The highest BCUT2D eigenvalue weighted by Gasteiger charge is 2.16. The number of hydrogen-bond acceptors (Lipinski definition) is 3. The van der Waals surface area contributed by atoms with E-state index in [1.807, 2.05) is 4.68 Å². The van der Waals surface area contributed by atoms with Crippen LogP contribution in [0, 0.1) is 5.92 Å². The first-order valence-corrected chi connectivity index (χ1v) is 6.80. The summed E-state index contributed by atoms with van der Waals surface area (Å²) in [6.45, 7) is 0.869. The van der Waals surface area contributed by atoms with Gasteiger partial charge in [0, 0.05) is 6.54 Å². The van der Waals surface area contributed by atoms with Crippen LogP contribution in [0.4, 0.5) is 0 Å². The van der Waals surface area contributed by atoms with Gasteiger partial charge in [-0.3, -0.25) is 0 Å². The number of carboxylic acid groups (broad SMARTS) is 1. The van der Waals surface area contributed by atoms with Crippen LogP contribution >= 0.6 is 0 Å². The first kappa shape index (κ1) is 12.1. The van der Waals surface area contributed by atoms with Crippen molar-refractivity contribution in [2.45, 2.75) is 38.6 Å². The smallest absolute Gasteiger partial charge is 0.335 e. The maximum absolute atomic E-state index is 10.9. The van der Waals surface area contributed by atoms with E-state index in [2.05, 4.69) is 10.3 Å². The first-order valence-electron chi connectivity index (χ1n) is 6.80. The summed E-state index contributed by atoms with van der Waals surface area (Å²) < 4.78 is 1.89. The second kappa shape index (κ2) is 4.99. The molecular weight excluding hydrogens is 242 g/mol. The van der Waals surface area contributed by atoms with E-state index in [1.54, 1.807) is 18.2 Å². The number of aryl methyl sites for hydroxylation is 1. The van der Waals surface area contributed by atoms with Gasteiger partial charge in [0.2, 0.25) is 0 Å². The fourth-order valence-corrected chi connectivity index (χ4v) is 2.87. The van der Waals surface area contributed by atoms with Crippen LogP contribution in [0.25, 0.3) is 11.0 Å². The predicted molar refractivity (Wildman–Crippen MR) is 71.1 cm³/mol. The first-order chi connectivity index (χ1) is 9.24. The van der Waals surface area contributed by atoms with E-state index in [1.165, 1.54) is 25.7 Å². The Labute approximate surface area is 111 Å². The lowest BCUT2D eigenvalue weighted by Gasteiger charge is -2.08. The van der Waals surface area contributed by atoms with Crippen molar-refractivity contribution in [3.05, 3.63) is 23.8 Å². The van der Waals surface area contributed by atoms with Crippen molar-refractivity contribution in [2.24, 2.45) is 5.92 Å². The summed E-state index contributed by atoms with van der Waals surface area (Å²) in [5.41, 5.74) is 1.84. The van der Waals surface area contributed by atoms with Gasteiger partial charge in [-0.1, -0.05) is 30.9 Å². The summed E-state index contributed by atoms with van der Waals surface area (Å²) >= 11 is 0. The summed E-state index contributed by atoms with van der Waals surface area (Å²) in [4.78, 5) is 10.9. The fraction of sp³-hybridized carbons (Fsp3) is 0.500. The fourth-order valence-electron chi connectivity index (χ4n) is 2.87. The van der Waals surface area contributed by atoms with Crippen LogP contribution in [-0.2, 0) is 6.54 Å². The molecule has 19 heavy (non-hydrogen) atoms. The third kappa shape index (κ3) is 2.45. The Hall–Kier alpha value is -1.91. The molecule has 1 saturated carbocycles. The molecule has 0 aliphatic heterocycles. The lowest BCUT2D eigenvalue weighted by Crippen LogP contribution is -2.05. The molecule has 100 valence electrons. The van der Waals surface area contributed by atoms with Gasteiger partial charge in [0.05, 0.1) is 11.1 Å². The number of hydrogen-bond donors (Lipinski definition) is 1. The normalized spacial score (nSPS) is 16.2. The number of aromatic nitrogens is 3. The van der Waals surface area contributed by atoms with E-state index in [-0.39, 0.29) is 5.56 Å². The van der Waals surface area contributed by atoms with Crippen molar-refractivity contribution in [3.8, 4) is 0 Å². The Morgan fingerprint density at radius 3 is 2.89 bits per heavy atom. The lowest BCUT2D eigenvalue weighted by atomic mass is 10.0. The number of fused-ring (bicyclic) bond motifs is 1. The van der Waals surface area contributed by atoms with Gasteiger partial charge in [-0.05, 0) is 30.5 Å². The van der Waals surface area contributed by atoms with Gasteiger partial charge in [-0.2, -0.15) is 0 Å². The summed E-state index contributed by atoms with van der Waals surface area (Å²) in [5.74, 6) is -0.111. The van der Waals surface area contributed by atoms with Crippen LogP contribution in [0.5, 0.6) is 0 Å². The quantitative estimate of drug-likeness (QED) is 0.916. The molecule has 0 amide bonds. The zero-order valence-corrected chi connectivity index (χ0v) is 10.7. The monoisotopic (exact) mass is 259 g/mol. The van der Waals surface area contributed by atoms with Gasteiger partial charge in [0.1, 0.15) is 5.52 Å². The number of benzene rings is 1. The molecular formula is C14H17N3O2. The van der Waals surface area contributed by atoms with Crippen molar-refractivity contribution in [1.29, 1.82) is 0 Å². The van der Waals surface area contributed by atoms with Crippen LogP contribution in [0.3, 0.4) is 0 Å². The molecule has 0 bridgehead atoms. The van der Waals surface area contributed by atoms with Crippen LogP contribution in [0.2, 0.25) is 0 Å². The second-order valence-corrected chi connectivity index (χ2v) is 5.26. The van der Waals surface area contributed by atoms with Gasteiger partial charge in [0.15, 0.2) is 0 Å². The zero-order chi connectivity index (χ0) is 13.2. The molecule has 2 aromatic rings. The SMILES string of the molecule is O=C(O)c1ccc2c(c1)nnn2CCC1CCCC1. The molecule has 5 nitrogen and oxygen atoms in total. The van der Waals surface area contributed by atoms with E-state index in [0.29, 0.717) is 5.52 Å².